The standard InChI is InChI=1S/C15H16N2OS/c1-11(18)17-10-6-5-9-13-14(17)16-15(19-13)12-7-3-2-4-8-12/h2-4,7-8H,5-6,9-10H2,1H3. The molecule has 3 nitrogen and oxygen atoms in total. The van der Waals surface area contributed by atoms with Gasteiger partial charge in [0, 0.05) is 23.9 Å². The molecule has 0 N–H and O–H groups in total. The first kappa shape index (κ1) is 12.4. The van der Waals surface area contributed by atoms with Crippen molar-refractivity contribution in [3.8, 4) is 10.6 Å². The highest BCUT2D eigenvalue weighted by Crippen LogP contribution is 2.35. The zero-order chi connectivity index (χ0) is 13.2. The molecule has 1 aliphatic heterocycles. The topological polar surface area (TPSA) is 33.2 Å². The molecule has 1 amide bonds. The van der Waals surface area contributed by atoms with Crippen LogP contribution in [-0.4, -0.2) is 17.4 Å². The van der Waals surface area contributed by atoms with E-state index < -0.39 is 0 Å². The average molecular weight is 272 g/mol. The molecule has 0 atom stereocenters. The van der Waals surface area contributed by atoms with E-state index in [1.165, 1.54) is 4.88 Å². The number of carbonyl (C=O) groups is 1. The average Bonchev–Trinajstić information content (AvgIpc) is 2.73. The lowest BCUT2D eigenvalue weighted by Crippen LogP contribution is -2.29. The van der Waals surface area contributed by atoms with E-state index in [0.29, 0.717) is 0 Å². The van der Waals surface area contributed by atoms with Gasteiger partial charge in [0.25, 0.3) is 0 Å². The van der Waals surface area contributed by atoms with Crippen molar-refractivity contribution in [2.45, 2.75) is 26.2 Å². The molecule has 2 aromatic rings. The third kappa shape index (κ3) is 2.40. The minimum Gasteiger partial charge on any atom is -0.296 e. The van der Waals surface area contributed by atoms with E-state index in [-0.39, 0.29) is 5.91 Å². The minimum absolute atomic E-state index is 0.0908. The highest BCUT2D eigenvalue weighted by molar-refractivity contribution is 7.15. The first-order valence-corrected chi connectivity index (χ1v) is 7.40. The van der Waals surface area contributed by atoms with E-state index in [1.54, 1.807) is 18.3 Å². The molecule has 0 spiro atoms. The van der Waals surface area contributed by atoms with Gasteiger partial charge in [0.1, 0.15) is 10.8 Å². The molecule has 1 aromatic heterocycles. The Morgan fingerprint density at radius 1 is 1.26 bits per heavy atom. The van der Waals surface area contributed by atoms with Gasteiger partial charge in [0.2, 0.25) is 5.91 Å². The molecule has 0 saturated carbocycles. The molecule has 0 fully saturated rings. The second-order valence-corrected chi connectivity index (χ2v) is 5.84. The number of aromatic nitrogens is 1. The molecule has 98 valence electrons. The van der Waals surface area contributed by atoms with Crippen LogP contribution in [0.2, 0.25) is 0 Å². The minimum atomic E-state index is 0.0908. The summed E-state index contributed by atoms with van der Waals surface area (Å²) in [4.78, 5) is 19.5. The molecular weight excluding hydrogens is 256 g/mol. The normalized spacial score (nSPS) is 14.9. The molecule has 0 bridgehead atoms. The van der Waals surface area contributed by atoms with E-state index in [2.05, 4.69) is 12.1 Å². The van der Waals surface area contributed by atoms with E-state index in [4.69, 9.17) is 4.98 Å². The number of thiazole rings is 1. The molecule has 1 aliphatic rings. The number of rotatable bonds is 1. The van der Waals surface area contributed by atoms with Crippen LogP contribution < -0.4 is 4.90 Å². The molecule has 0 saturated heterocycles. The highest BCUT2D eigenvalue weighted by Gasteiger charge is 2.23. The first-order chi connectivity index (χ1) is 9.25. The zero-order valence-electron chi connectivity index (χ0n) is 10.9. The van der Waals surface area contributed by atoms with Crippen molar-refractivity contribution in [1.29, 1.82) is 0 Å². The van der Waals surface area contributed by atoms with Gasteiger partial charge in [0.15, 0.2) is 0 Å². The van der Waals surface area contributed by atoms with Crippen molar-refractivity contribution >= 4 is 23.1 Å². The van der Waals surface area contributed by atoms with Gasteiger partial charge < -0.3 is 0 Å². The maximum atomic E-state index is 11.8. The Morgan fingerprint density at radius 2 is 2.05 bits per heavy atom. The van der Waals surface area contributed by atoms with E-state index >= 15 is 0 Å². The molecule has 0 radical (unpaired) electrons. The second-order valence-electron chi connectivity index (χ2n) is 4.76. The second kappa shape index (κ2) is 5.13. The summed E-state index contributed by atoms with van der Waals surface area (Å²) in [7, 11) is 0. The van der Waals surface area contributed by atoms with Crippen molar-refractivity contribution in [2.75, 3.05) is 11.4 Å². The molecule has 1 aromatic carbocycles. The SMILES string of the molecule is CC(=O)N1CCCCc2sc(-c3ccccc3)nc21. The number of benzene rings is 1. The molecule has 3 rings (SSSR count). The van der Waals surface area contributed by atoms with E-state index in [9.17, 15) is 4.79 Å². The third-order valence-electron chi connectivity index (χ3n) is 3.37. The number of anilines is 1. The lowest BCUT2D eigenvalue weighted by Gasteiger charge is -2.16. The van der Waals surface area contributed by atoms with E-state index in [0.717, 1.165) is 42.2 Å². The summed E-state index contributed by atoms with van der Waals surface area (Å²) < 4.78 is 0. The van der Waals surface area contributed by atoms with Gasteiger partial charge >= 0.3 is 0 Å². The van der Waals surface area contributed by atoms with Crippen LogP contribution in [0.1, 0.15) is 24.6 Å². The van der Waals surface area contributed by atoms with Gasteiger partial charge in [-0.2, -0.15) is 0 Å². The number of carbonyl (C=O) groups excluding carboxylic acids is 1. The Labute approximate surface area is 116 Å². The van der Waals surface area contributed by atoms with Crippen molar-refractivity contribution in [2.24, 2.45) is 0 Å². The van der Waals surface area contributed by atoms with Crippen LogP contribution in [0.15, 0.2) is 30.3 Å². The number of aryl methyl sites for hydroxylation is 1. The van der Waals surface area contributed by atoms with Crippen molar-refractivity contribution in [3.63, 3.8) is 0 Å². The fourth-order valence-electron chi connectivity index (χ4n) is 2.39. The number of fused-ring (bicyclic) bond motifs is 1. The monoisotopic (exact) mass is 272 g/mol. The van der Waals surface area contributed by atoms with Gasteiger partial charge in [-0.25, -0.2) is 4.98 Å². The van der Waals surface area contributed by atoms with Crippen molar-refractivity contribution in [3.05, 3.63) is 35.2 Å². The number of hydrogen-bond donors (Lipinski definition) is 0. The lowest BCUT2D eigenvalue weighted by atomic mass is 10.2. The van der Waals surface area contributed by atoms with Crippen LogP contribution in [0.3, 0.4) is 0 Å². The predicted molar refractivity (Wildman–Crippen MR) is 78.5 cm³/mol. The summed E-state index contributed by atoms with van der Waals surface area (Å²) in [5.41, 5.74) is 1.13. The van der Waals surface area contributed by atoms with Crippen LogP contribution in [0.5, 0.6) is 0 Å². The Kier molecular flexibility index (Phi) is 3.34. The van der Waals surface area contributed by atoms with Crippen molar-refractivity contribution < 1.29 is 4.79 Å². The van der Waals surface area contributed by atoms with Crippen LogP contribution in [0.25, 0.3) is 10.6 Å². The fraction of sp³-hybridized carbons (Fsp3) is 0.333. The molecule has 19 heavy (non-hydrogen) atoms. The van der Waals surface area contributed by atoms with Crippen LogP contribution in [-0.2, 0) is 11.2 Å². The fourth-order valence-corrected chi connectivity index (χ4v) is 3.50. The largest absolute Gasteiger partial charge is 0.296 e. The maximum absolute atomic E-state index is 11.8. The molecule has 4 heteroatoms. The van der Waals surface area contributed by atoms with Gasteiger partial charge in [-0.15, -0.1) is 11.3 Å². The predicted octanol–water partition coefficient (Wildman–Crippen LogP) is 3.50. The molecule has 0 aliphatic carbocycles. The highest BCUT2D eigenvalue weighted by atomic mass is 32.1. The maximum Gasteiger partial charge on any atom is 0.225 e. The number of amides is 1. The van der Waals surface area contributed by atoms with E-state index in [1.807, 2.05) is 23.1 Å². The van der Waals surface area contributed by atoms with Crippen LogP contribution >= 0.6 is 11.3 Å². The summed E-state index contributed by atoms with van der Waals surface area (Å²) in [6.07, 6.45) is 3.22. The first-order valence-electron chi connectivity index (χ1n) is 6.59. The lowest BCUT2D eigenvalue weighted by molar-refractivity contribution is -0.116. The van der Waals surface area contributed by atoms with Gasteiger partial charge in [-0.05, 0) is 19.3 Å². The third-order valence-corrected chi connectivity index (χ3v) is 4.52. The Bertz CT molecular complexity index is 591. The van der Waals surface area contributed by atoms with Gasteiger partial charge in [0.05, 0.1) is 0 Å². The molecule has 2 heterocycles. The summed E-state index contributed by atoms with van der Waals surface area (Å²) in [6.45, 7) is 2.41. The Morgan fingerprint density at radius 3 is 2.79 bits per heavy atom. The van der Waals surface area contributed by atoms with Gasteiger partial charge in [-0.3, -0.25) is 9.69 Å². The summed E-state index contributed by atoms with van der Waals surface area (Å²) in [5, 5.41) is 1.01. The van der Waals surface area contributed by atoms with Gasteiger partial charge in [-0.1, -0.05) is 30.3 Å². The Balaban J connectivity index is 2.04. The number of hydrogen-bond acceptors (Lipinski definition) is 3. The summed E-state index contributed by atoms with van der Waals surface area (Å²) in [5.74, 6) is 0.974. The van der Waals surface area contributed by atoms with Crippen LogP contribution in [0, 0.1) is 0 Å². The molecular formula is C15H16N2OS. The van der Waals surface area contributed by atoms with Crippen molar-refractivity contribution in [1.82, 2.24) is 4.98 Å². The summed E-state index contributed by atoms with van der Waals surface area (Å²) in [6, 6.07) is 10.2. The molecule has 0 unspecified atom stereocenters. The smallest absolute Gasteiger partial charge is 0.225 e. The Hall–Kier alpha value is -1.68. The zero-order valence-corrected chi connectivity index (χ0v) is 11.7. The van der Waals surface area contributed by atoms with Crippen LogP contribution in [0.4, 0.5) is 5.82 Å². The summed E-state index contributed by atoms with van der Waals surface area (Å²) >= 11 is 1.72. The quantitative estimate of drug-likeness (QED) is 0.796. The number of nitrogens with zero attached hydrogens (tertiary/aromatic N) is 2.